The Labute approximate surface area is 141 Å². The maximum Gasteiger partial charge on any atom is 0.141 e. The molecule has 0 saturated heterocycles. The van der Waals surface area contributed by atoms with Gasteiger partial charge in [0.25, 0.3) is 0 Å². The average molecular weight is 322 g/mol. The van der Waals surface area contributed by atoms with Crippen molar-refractivity contribution in [3.05, 3.63) is 60.2 Å². The standard InChI is InChI=1S/C20H22N2O2/c1-20(2,3)14-9-11-17(23)16(12-14)21-22-19-15-7-5-4-6-13(15)8-10-18(19)24/h4-12,21-24H,1-3H3. The van der Waals surface area contributed by atoms with Gasteiger partial charge in [0, 0.05) is 5.39 Å². The van der Waals surface area contributed by atoms with Crippen LogP contribution in [0.25, 0.3) is 10.8 Å². The fourth-order valence-electron chi connectivity index (χ4n) is 2.62. The highest BCUT2D eigenvalue weighted by Gasteiger charge is 2.15. The van der Waals surface area contributed by atoms with Crippen molar-refractivity contribution in [2.45, 2.75) is 26.2 Å². The number of phenolic OH excluding ortho intramolecular Hbond substituents is 2. The van der Waals surface area contributed by atoms with Gasteiger partial charge in [0.15, 0.2) is 0 Å². The largest absolute Gasteiger partial charge is 0.506 e. The minimum Gasteiger partial charge on any atom is -0.506 e. The third kappa shape index (κ3) is 3.08. The molecule has 4 heteroatoms. The van der Waals surface area contributed by atoms with Crippen LogP contribution in [0.3, 0.4) is 0 Å². The van der Waals surface area contributed by atoms with Crippen LogP contribution in [0.1, 0.15) is 26.3 Å². The van der Waals surface area contributed by atoms with Gasteiger partial charge in [0.2, 0.25) is 0 Å². The summed E-state index contributed by atoms with van der Waals surface area (Å²) in [6.07, 6.45) is 0. The van der Waals surface area contributed by atoms with Crippen LogP contribution in [0.4, 0.5) is 11.4 Å². The lowest BCUT2D eigenvalue weighted by molar-refractivity contribution is 0.475. The van der Waals surface area contributed by atoms with Crippen molar-refractivity contribution in [2.24, 2.45) is 0 Å². The minimum absolute atomic E-state index is 0.0221. The molecule has 0 heterocycles. The SMILES string of the molecule is CC(C)(C)c1ccc(O)c(NNc2c(O)ccc3ccccc23)c1. The fourth-order valence-corrected chi connectivity index (χ4v) is 2.62. The summed E-state index contributed by atoms with van der Waals surface area (Å²) < 4.78 is 0. The van der Waals surface area contributed by atoms with E-state index in [2.05, 4.69) is 31.6 Å². The summed E-state index contributed by atoms with van der Waals surface area (Å²) >= 11 is 0. The van der Waals surface area contributed by atoms with Crippen LogP contribution in [0.15, 0.2) is 54.6 Å². The molecule has 0 aliphatic rings. The molecule has 0 unspecified atom stereocenters. The van der Waals surface area contributed by atoms with E-state index in [9.17, 15) is 10.2 Å². The summed E-state index contributed by atoms with van der Waals surface area (Å²) in [7, 11) is 0. The zero-order chi connectivity index (χ0) is 17.3. The number of rotatable bonds is 3. The van der Waals surface area contributed by atoms with E-state index in [1.165, 1.54) is 0 Å². The summed E-state index contributed by atoms with van der Waals surface area (Å²) in [4.78, 5) is 0. The summed E-state index contributed by atoms with van der Waals surface area (Å²) in [5.74, 6) is 0.294. The van der Waals surface area contributed by atoms with Crippen LogP contribution >= 0.6 is 0 Å². The number of aromatic hydroxyl groups is 2. The number of hydrogen-bond acceptors (Lipinski definition) is 4. The quantitative estimate of drug-likeness (QED) is 0.405. The number of fused-ring (bicyclic) bond motifs is 1. The molecule has 124 valence electrons. The number of anilines is 2. The normalized spacial score (nSPS) is 11.5. The minimum atomic E-state index is -0.0221. The van der Waals surface area contributed by atoms with Gasteiger partial charge >= 0.3 is 0 Å². The second-order valence-corrected chi connectivity index (χ2v) is 6.91. The Hall–Kier alpha value is -2.88. The molecule has 3 aromatic carbocycles. The third-order valence-electron chi connectivity index (χ3n) is 4.09. The molecular formula is C20H22N2O2. The van der Waals surface area contributed by atoms with Gasteiger partial charge in [-0.05, 0) is 34.6 Å². The Bertz CT molecular complexity index is 882. The third-order valence-corrected chi connectivity index (χ3v) is 4.09. The van der Waals surface area contributed by atoms with Gasteiger partial charge in [-0.2, -0.15) is 0 Å². The molecule has 0 atom stereocenters. The molecule has 0 radical (unpaired) electrons. The first-order valence-corrected chi connectivity index (χ1v) is 7.92. The first-order chi connectivity index (χ1) is 11.4. The highest BCUT2D eigenvalue weighted by atomic mass is 16.3. The summed E-state index contributed by atoms with van der Waals surface area (Å²) in [6, 6.07) is 16.8. The highest BCUT2D eigenvalue weighted by Crippen LogP contribution is 2.34. The predicted octanol–water partition coefficient (Wildman–Crippen LogP) is 4.99. The molecule has 4 N–H and O–H groups in total. The van der Waals surface area contributed by atoms with Gasteiger partial charge in [-0.15, -0.1) is 0 Å². The van der Waals surface area contributed by atoms with E-state index in [4.69, 9.17) is 0 Å². The molecule has 0 saturated carbocycles. The van der Waals surface area contributed by atoms with Crippen molar-refractivity contribution < 1.29 is 10.2 Å². The zero-order valence-electron chi connectivity index (χ0n) is 14.1. The van der Waals surface area contributed by atoms with Crippen molar-refractivity contribution in [1.29, 1.82) is 0 Å². The number of nitrogens with one attached hydrogen (secondary N) is 2. The smallest absolute Gasteiger partial charge is 0.141 e. The molecular weight excluding hydrogens is 300 g/mol. The fraction of sp³-hybridized carbons (Fsp3) is 0.200. The van der Waals surface area contributed by atoms with Crippen LogP contribution in [-0.4, -0.2) is 10.2 Å². The van der Waals surface area contributed by atoms with E-state index in [1.54, 1.807) is 12.1 Å². The second-order valence-electron chi connectivity index (χ2n) is 6.91. The van der Waals surface area contributed by atoms with Crippen molar-refractivity contribution in [2.75, 3.05) is 10.9 Å². The number of benzene rings is 3. The molecule has 24 heavy (non-hydrogen) atoms. The molecule has 4 nitrogen and oxygen atoms in total. The lowest BCUT2D eigenvalue weighted by Crippen LogP contribution is -2.13. The van der Waals surface area contributed by atoms with Gasteiger partial charge in [-0.3, -0.25) is 10.9 Å². The second kappa shape index (κ2) is 5.96. The Morgan fingerprint density at radius 1 is 0.792 bits per heavy atom. The van der Waals surface area contributed by atoms with Crippen LogP contribution in [0.2, 0.25) is 0 Å². The lowest BCUT2D eigenvalue weighted by Gasteiger charge is -2.21. The molecule has 0 aromatic heterocycles. The Morgan fingerprint density at radius 2 is 1.50 bits per heavy atom. The van der Waals surface area contributed by atoms with Gasteiger partial charge < -0.3 is 10.2 Å². The molecule has 0 bridgehead atoms. The van der Waals surface area contributed by atoms with Gasteiger partial charge in [0.05, 0.1) is 5.69 Å². The van der Waals surface area contributed by atoms with Crippen LogP contribution in [0.5, 0.6) is 11.5 Å². The summed E-state index contributed by atoms with van der Waals surface area (Å²) in [6.45, 7) is 6.35. The number of phenols is 2. The maximum absolute atomic E-state index is 10.2. The van der Waals surface area contributed by atoms with Crippen molar-refractivity contribution in [3.8, 4) is 11.5 Å². The lowest BCUT2D eigenvalue weighted by atomic mass is 9.87. The molecule has 0 amide bonds. The molecule has 0 aliphatic heterocycles. The summed E-state index contributed by atoms with van der Waals surface area (Å²) in [5.41, 5.74) is 8.27. The Balaban J connectivity index is 1.93. The van der Waals surface area contributed by atoms with Gasteiger partial charge in [-0.25, -0.2) is 0 Å². The monoisotopic (exact) mass is 322 g/mol. The number of hydrazine groups is 1. The van der Waals surface area contributed by atoms with Gasteiger partial charge in [0.1, 0.15) is 17.2 Å². The van der Waals surface area contributed by atoms with E-state index in [-0.39, 0.29) is 16.9 Å². The predicted molar refractivity (Wildman–Crippen MR) is 99.7 cm³/mol. The summed E-state index contributed by atoms with van der Waals surface area (Å²) in [5, 5.41) is 22.2. The molecule has 3 rings (SSSR count). The van der Waals surface area contributed by atoms with Crippen molar-refractivity contribution in [3.63, 3.8) is 0 Å². The van der Waals surface area contributed by atoms with E-state index in [0.717, 1.165) is 16.3 Å². The molecule has 0 spiro atoms. The van der Waals surface area contributed by atoms with E-state index in [1.807, 2.05) is 42.5 Å². The molecule has 3 aromatic rings. The average Bonchev–Trinajstić information content (AvgIpc) is 2.54. The molecule has 0 aliphatic carbocycles. The highest BCUT2D eigenvalue weighted by molar-refractivity contribution is 5.97. The molecule has 0 fully saturated rings. The first-order valence-electron chi connectivity index (χ1n) is 7.92. The van der Waals surface area contributed by atoms with Crippen LogP contribution in [0, 0.1) is 0 Å². The van der Waals surface area contributed by atoms with E-state index >= 15 is 0 Å². The van der Waals surface area contributed by atoms with Gasteiger partial charge in [-0.1, -0.05) is 57.2 Å². The Morgan fingerprint density at radius 3 is 2.25 bits per heavy atom. The van der Waals surface area contributed by atoms with E-state index < -0.39 is 0 Å². The number of hydrogen-bond donors (Lipinski definition) is 4. The van der Waals surface area contributed by atoms with Crippen LogP contribution in [-0.2, 0) is 5.41 Å². The maximum atomic E-state index is 10.2. The zero-order valence-corrected chi connectivity index (χ0v) is 14.1. The van der Waals surface area contributed by atoms with Crippen molar-refractivity contribution in [1.82, 2.24) is 0 Å². The van der Waals surface area contributed by atoms with E-state index in [0.29, 0.717) is 11.4 Å². The van der Waals surface area contributed by atoms with Crippen molar-refractivity contribution >= 4 is 22.1 Å². The topological polar surface area (TPSA) is 64.5 Å². The van der Waals surface area contributed by atoms with Crippen LogP contribution < -0.4 is 10.9 Å². The Kier molecular flexibility index (Phi) is 3.97. The first kappa shape index (κ1) is 16.0.